The molecule has 0 saturated carbocycles. The van der Waals surface area contributed by atoms with Crippen molar-refractivity contribution >= 4 is 8.80 Å². The van der Waals surface area contributed by atoms with E-state index < -0.39 is 8.80 Å². The molecule has 0 aliphatic rings. The molecule has 0 bridgehead atoms. The van der Waals surface area contributed by atoms with Crippen LogP contribution in [0.25, 0.3) is 0 Å². The quantitative estimate of drug-likeness (QED) is 0.363. The molecule has 0 amide bonds. The van der Waals surface area contributed by atoms with E-state index in [1.807, 2.05) is 0 Å². The predicted octanol–water partition coefficient (Wildman–Crippen LogP) is 3.27. The van der Waals surface area contributed by atoms with Gasteiger partial charge in [0.15, 0.2) is 0 Å². The Morgan fingerprint density at radius 3 is 2.44 bits per heavy atom. The van der Waals surface area contributed by atoms with Gasteiger partial charge >= 0.3 is 0 Å². The lowest BCUT2D eigenvalue weighted by Crippen LogP contribution is -2.51. The lowest BCUT2D eigenvalue weighted by Gasteiger charge is -2.35. The van der Waals surface area contributed by atoms with Gasteiger partial charge in [0.05, 0.1) is 8.80 Å². The van der Waals surface area contributed by atoms with E-state index in [0.29, 0.717) is 12.3 Å². The third-order valence-corrected chi connectivity index (χ3v) is 5.85. The molecule has 2 nitrogen and oxygen atoms in total. The van der Waals surface area contributed by atoms with E-state index in [9.17, 15) is 0 Å². The standard InChI is InChI=1S/C15H33NOSi/c1-6-7-8-11-15(3,12-9-10-13-17)16-14(2)18(4)5/h7-8,14,16-18H,6,9-13H2,1-5H3/b8-7-/t14-,15?/m0/s1. The molecule has 3 heteroatoms. The Morgan fingerprint density at radius 1 is 1.28 bits per heavy atom. The van der Waals surface area contributed by atoms with E-state index in [2.05, 4.69) is 51.3 Å². The zero-order valence-electron chi connectivity index (χ0n) is 13.0. The zero-order chi connectivity index (χ0) is 14.0. The first-order valence-electron chi connectivity index (χ1n) is 7.48. The van der Waals surface area contributed by atoms with Crippen LogP contribution in [0.15, 0.2) is 12.2 Å². The average molecular weight is 272 g/mol. The van der Waals surface area contributed by atoms with E-state index in [0.717, 1.165) is 32.1 Å². The average Bonchev–Trinajstić information content (AvgIpc) is 2.29. The van der Waals surface area contributed by atoms with E-state index >= 15 is 0 Å². The Hall–Kier alpha value is -0.123. The molecule has 0 saturated heterocycles. The molecule has 0 aromatic carbocycles. The maximum Gasteiger partial charge on any atom is 0.0502 e. The van der Waals surface area contributed by atoms with E-state index in [1.165, 1.54) is 0 Å². The molecule has 0 fully saturated rings. The molecule has 0 aliphatic heterocycles. The highest BCUT2D eigenvalue weighted by Crippen LogP contribution is 2.20. The van der Waals surface area contributed by atoms with Crippen LogP contribution in [0, 0.1) is 0 Å². The highest BCUT2D eigenvalue weighted by molar-refractivity contribution is 6.57. The summed E-state index contributed by atoms with van der Waals surface area (Å²) in [7, 11) is -0.631. The minimum Gasteiger partial charge on any atom is -0.396 e. The molecule has 0 rings (SSSR count). The van der Waals surface area contributed by atoms with Gasteiger partial charge in [-0.3, -0.25) is 0 Å². The van der Waals surface area contributed by atoms with E-state index in [4.69, 9.17) is 5.11 Å². The van der Waals surface area contributed by atoms with Crippen LogP contribution in [0.2, 0.25) is 13.1 Å². The van der Waals surface area contributed by atoms with Crippen LogP contribution in [0.3, 0.4) is 0 Å². The van der Waals surface area contributed by atoms with Crippen LogP contribution in [-0.2, 0) is 0 Å². The normalized spacial score (nSPS) is 17.3. The van der Waals surface area contributed by atoms with Gasteiger partial charge in [0.2, 0.25) is 0 Å². The number of hydrogen-bond acceptors (Lipinski definition) is 2. The lowest BCUT2D eigenvalue weighted by molar-refractivity contribution is 0.261. The van der Waals surface area contributed by atoms with Gasteiger partial charge in [-0.2, -0.15) is 0 Å². The smallest absolute Gasteiger partial charge is 0.0502 e. The topological polar surface area (TPSA) is 32.3 Å². The highest BCUT2D eigenvalue weighted by atomic mass is 28.3. The first-order valence-corrected chi connectivity index (χ1v) is 10.5. The Labute approximate surface area is 115 Å². The molecule has 2 atom stereocenters. The number of aliphatic hydroxyl groups is 1. The predicted molar refractivity (Wildman–Crippen MR) is 84.9 cm³/mol. The van der Waals surface area contributed by atoms with Gasteiger partial charge < -0.3 is 10.4 Å². The fraction of sp³-hybridized carbons (Fsp3) is 0.867. The summed E-state index contributed by atoms with van der Waals surface area (Å²) in [4.78, 5) is 0. The minimum absolute atomic E-state index is 0.192. The fourth-order valence-electron chi connectivity index (χ4n) is 2.09. The molecule has 18 heavy (non-hydrogen) atoms. The highest BCUT2D eigenvalue weighted by Gasteiger charge is 2.25. The summed E-state index contributed by atoms with van der Waals surface area (Å²) >= 11 is 0. The third kappa shape index (κ3) is 8.06. The second kappa shape index (κ2) is 9.76. The van der Waals surface area contributed by atoms with Crippen molar-refractivity contribution in [2.45, 2.75) is 77.2 Å². The summed E-state index contributed by atoms with van der Waals surface area (Å²) < 4.78 is 0. The van der Waals surface area contributed by atoms with Crippen LogP contribution in [0.4, 0.5) is 0 Å². The Morgan fingerprint density at radius 2 is 1.94 bits per heavy atom. The van der Waals surface area contributed by atoms with Crippen molar-refractivity contribution in [1.82, 2.24) is 5.32 Å². The maximum absolute atomic E-state index is 8.92. The molecule has 0 spiro atoms. The van der Waals surface area contributed by atoms with Gasteiger partial charge in [0.25, 0.3) is 0 Å². The number of unbranched alkanes of at least 4 members (excludes halogenated alkanes) is 1. The molecule has 0 aromatic heterocycles. The summed E-state index contributed by atoms with van der Waals surface area (Å²) in [6.07, 6.45) is 9.94. The fourth-order valence-corrected chi connectivity index (χ4v) is 2.82. The van der Waals surface area contributed by atoms with E-state index in [-0.39, 0.29) is 5.54 Å². The maximum atomic E-state index is 8.92. The van der Waals surface area contributed by atoms with Crippen molar-refractivity contribution < 1.29 is 5.11 Å². The zero-order valence-corrected chi connectivity index (χ0v) is 14.2. The van der Waals surface area contributed by atoms with Crippen molar-refractivity contribution in [1.29, 1.82) is 0 Å². The largest absolute Gasteiger partial charge is 0.396 e. The van der Waals surface area contributed by atoms with Gasteiger partial charge in [-0.15, -0.1) is 0 Å². The van der Waals surface area contributed by atoms with Crippen molar-refractivity contribution in [3.63, 3.8) is 0 Å². The molecule has 0 radical (unpaired) electrons. The van der Waals surface area contributed by atoms with Crippen LogP contribution < -0.4 is 5.32 Å². The molecule has 0 heterocycles. The minimum atomic E-state index is -0.631. The first-order chi connectivity index (χ1) is 8.45. The molecule has 108 valence electrons. The van der Waals surface area contributed by atoms with Gasteiger partial charge in [-0.25, -0.2) is 0 Å². The second-order valence-corrected chi connectivity index (χ2v) is 9.49. The van der Waals surface area contributed by atoms with Gasteiger partial charge in [-0.1, -0.05) is 39.1 Å². The SMILES string of the molecule is CC/C=C\CC(C)(CCCCO)N[C@H](C)[SiH](C)C. The molecule has 0 aliphatic carbocycles. The van der Waals surface area contributed by atoms with Crippen LogP contribution >= 0.6 is 0 Å². The molecule has 1 unspecified atom stereocenters. The number of rotatable bonds is 10. The van der Waals surface area contributed by atoms with E-state index in [1.54, 1.807) is 0 Å². The number of aliphatic hydroxyl groups excluding tert-OH is 1. The van der Waals surface area contributed by atoms with Gasteiger partial charge in [0.1, 0.15) is 0 Å². The summed E-state index contributed by atoms with van der Waals surface area (Å²) in [5.74, 6) is 0. The third-order valence-electron chi connectivity index (χ3n) is 3.68. The summed E-state index contributed by atoms with van der Waals surface area (Å²) in [6.45, 7) is 11.9. The van der Waals surface area contributed by atoms with Crippen LogP contribution in [0.1, 0.15) is 52.9 Å². The Bertz CT molecular complexity index is 231. The Kier molecular flexibility index (Phi) is 9.69. The monoisotopic (exact) mass is 271 g/mol. The van der Waals surface area contributed by atoms with Crippen LogP contribution in [-0.4, -0.2) is 31.7 Å². The molecule has 2 N–H and O–H groups in total. The number of hydrogen-bond donors (Lipinski definition) is 2. The molecular weight excluding hydrogens is 238 g/mol. The van der Waals surface area contributed by atoms with Crippen molar-refractivity contribution in [2.24, 2.45) is 0 Å². The van der Waals surface area contributed by atoms with Crippen LogP contribution in [0.5, 0.6) is 0 Å². The van der Waals surface area contributed by atoms with Crippen molar-refractivity contribution in [3.05, 3.63) is 12.2 Å². The summed E-state index contributed by atoms with van der Waals surface area (Å²) in [5.41, 5.74) is 0.858. The van der Waals surface area contributed by atoms with Gasteiger partial charge in [0, 0.05) is 12.1 Å². The number of allylic oxidation sites excluding steroid dienone is 1. The Balaban J connectivity index is 4.42. The summed E-state index contributed by atoms with van der Waals surface area (Å²) in [6, 6.07) is 0. The molecular formula is C15H33NOSi. The first kappa shape index (κ1) is 17.9. The number of nitrogens with one attached hydrogen (secondary N) is 1. The second-order valence-electron chi connectivity index (χ2n) is 6.00. The molecule has 0 aromatic rings. The van der Waals surface area contributed by atoms with Crippen molar-refractivity contribution in [2.75, 3.05) is 6.61 Å². The van der Waals surface area contributed by atoms with Gasteiger partial charge in [-0.05, 0) is 44.7 Å². The summed E-state index contributed by atoms with van der Waals surface area (Å²) in [5, 5.41) is 12.8. The van der Waals surface area contributed by atoms with Crippen molar-refractivity contribution in [3.8, 4) is 0 Å². The lowest BCUT2D eigenvalue weighted by atomic mass is 9.90.